The lowest BCUT2D eigenvalue weighted by Crippen LogP contribution is -2.27. The van der Waals surface area contributed by atoms with Crippen molar-refractivity contribution in [1.82, 2.24) is 29.9 Å². The van der Waals surface area contributed by atoms with Crippen LogP contribution < -0.4 is 0 Å². The average molecular weight is 356 g/mol. The Bertz CT molecular complexity index is 912. The molecular formula is C21H20N6. The van der Waals surface area contributed by atoms with Gasteiger partial charge in [-0.3, -0.25) is 14.9 Å². The fourth-order valence-electron chi connectivity index (χ4n) is 2.91. The molecule has 6 nitrogen and oxygen atoms in total. The summed E-state index contributed by atoms with van der Waals surface area (Å²) in [5.74, 6) is 0. The maximum absolute atomic E-state index is 4.45. The van der Waals surface area contributed by atoms with Crippen molar-refractivity contribution < 1.29 is 0 Å². The second kappa shape index (κ2) is 8.33. The SMILES string of the molecule is c1ccc(-c2cn(CN(Cc3ccccn3)Cc3ccccn3)nn2)cc1. The molecule has 0 aliphatic rings. The molecular weight excluding hydrogens is 336 g/mol. The van der Waals surface area contributed by atoms with Gasteiger partial charge in [-0.15, -0.1) is 5.10 Å². The molecule has 0 fully saturated rings. The molecule has 3 aromatic heterocycles. The van der Waals surface area contributed by atoms with E-state index in [0.717, 1.165) is 22.6 Å². The lowest BCUT2D eigenvalue weighted by atomic mass is 10.2. The molecule has 0 amide bonds. The highest BCUT2D eigenvalue weighted by atomic mass is 15.5. The third-order valence-corrected chi connectivity index (χ3v) is 4.18. The highest BCUT2D eigenvalue weighted by Crippen LogP contribution is 2.15. The quantitative estimate of drug-likeness (QED) is 0.508. The molecule has 134 valence electrons. The van der Waals surface area contributed by atoms with E-state index in [0.29, 0.717) is 19.8 Å². The predicted octanol–water partition coefficient (Wildman–Crippen LogP) is 3.40. The standard InChI is InChI=1S/C21H20N6/c1-2-8-18(9-3-1)21-16-27(25-24-21)17-26(14-19-10-4-6-12-22-19)15-20-11-5-7-13-23-20/h1-13,16H,14-15,17H2. The molecule has 0 saturated heterocycles. The smallest absolute Gasteiger partial charge is 0.113 e. The first-order chi connectivity index (χ1) is 13.4. The Kier molecular flexibility index (Phi) is 5.26. The Labute approximate surface area is 158 Å². The third-order valence-electron chi connectivity index (χ3n) is 4.18. The van der Waals surface area contributed by atoms with Gasteiger partial charge in [-0.05, 0) is 24.3 Å². The predicted molar refractivity (Wildman–Crippen MR) is 103 cm³/mol. The van der Waals surface area contributed by atoms with Crippen molar-refractivity contribution in [2.75, 3.05) is 0 Å². The van der Waals surface area contributed by atoms with Crippen molar-refractivity contribution in [3.8, 4) is 11.3 Å². The monoisotopic (exact) mass is 356 g/mol. The number of hydrogen-bond acceptors (Lipinski definition) is 5. The summed E-state index contributed by atoms with van der Waals surface area (Å²) < 4.78 is 1.86. The summed E-state index contributed by atoms with van der Waals surface area (Å²) in [6, 6.07) is 22.0. The minimum Gasteiger partial charge on any atom is -0.273 e. The molecule has 0 spiro atoms. The zero-order valence-electron chi connectivity index (χ0n) is 14.9. The summed E-state index contributed by atoms with van der Waals surface area (Å²) in [4.78, 5) is 11.1. The van der Waals surface area contributed by atoms with E-state index in [-0.39, 0.29) is 0 Å². The first kappa shape index (κ1) is 17.1. The van der Waals surface area contributed by atoms with E-state index >= 15 is 0 Å². The van der Waals surface area contributed by atoms with Gasteiger partial charge in [-0.1, -0.05) is 47.7 Å². The van der Waals surface area contributed by atoms with E-state index in [4.69, 9.17) is 0 Å². The number of pyridine rings is 2. The van der Waals surface area contributed by atoms with Crippen molar-refractivity contribution >= 4 is 0 Å². The second-order valence-corrected chi connectivity index (χ2v) is 6.28. The van der Waals surface area contributed by atoms with Crippen LogP contribution in [0.25, 0.3) is 11.3 Å². The molecule has 0 aliphatic heterocycles. The summed E-state index contributed by atoms with van der Waals surface area (Å²) in [7, 11) is 0. The van der Waals surface area contributed by atoms with Gasteiger partial charge < -0.3 is 0 Å². The van der Waals surface area contributed by atoms with Crippen LogP contribution in [0, 0.1) is 0 Å². The summed E-state index contributed by atoms with van der Waals surface area (Å²) in [6.07, 6.45) is 5.60. The van der Waals surface area contributed by atoms with Gasteiger partial charge in [0.25, 0.3) is 0 Å². The van der Waals surface area contributed by atoms with Gasteiger partial charge in [0.15, 0.2) is 0 Å². The molecule has 1 aromatic carbocycles. The summed E-state index contributed by atoms with van der Waals surface area (Å²) in [5, 5.41) is 8.61. The van der Waals surface area contributed by atoms with Gasteiger partial charge in [0, 0.05) is 31.0 Å². The van der Waals surface area contributed by atoms with E-state index < -0.39 is 0 Å². The molecule has 0 radical (unpaired) electrons. The lowest BCUT2D eigenvalue weighted by molar-refractivity contribution is 0.183. The molecule has 0 bridgehead atoms. The summed E-state index contributed by atoms with van der Waals surface area (Å²) in [5.41, 5.74) is 3.95. The summed E-state index contributed by atoms with van der Waals surface area (Å²) >= 11 is 0. The maximum atomic E-state index is 4.45. The van der Waals surface area contributed by atoms with Crippen molar-refractivity contribution in [2.45, 2.75) is 19.8 Å². The number of nitrogens with zero attached hydrogens (tertiary/aromatic N) is 6. The molecule has 0 saturated carbocycles. The highest BCUT2D eigenvalue weighted by molar-refractivity contribution is 5.57. The van der Waals surface area contributed by atoms with Crippen LogP contribution in [0.3, 0.4) is 0 Å². The van der Waals surface area contributed by atoms with Crippen LogP contribution in [-0.2, 0) is 19.8 Å². The van der Waals surface area contributed by atoms with Gasteiger partial charge in [0.2, 0.25) is 0 Å². The van der Waals surface area contributed by atoms with Gasteiger partial charge in [-0.2, -0.15) is 0 Å². The molecule has 4 rings (SSSR count). The maximum Gasteiger partial charge on any atom is 0.113 e. The molecule has 0 atom stereocenters. The number of hydrogen-bond donors (Lipinski definition) is 0. The van der Waals surface area contributed by atoms with Gasteiger partial charge >= 0.3 is 0 Å². The minimum absolute atomic E-state index is 0.604. The van der Waals surface area contributed by atoms with Crippen molar-refractivity contribution in [1.29, 1.82) is 0 Å². The van der Waals surface area contributed by atoms with Crippen LogP contribution in [0.1, 0.15) is 11.4 Å². The first-order valence-corrected chi connectivity index (χ1v) is 8.84. The topological polar surface area (TPSA) is 59.7 Å². The van der Waals surface area contributed by atoms with E-state index in [1.807, 2.05) is 90.0 Å². The third kappa shape index (κ3) is 4.62. The molecule has 27 heavy (non-hydrogen) atoms. The normalized spacial score (nSPS) is 11.0. The Morgan fingerprint density at radius 3 is 1.96 bits per heavy atom. The molecule has 0 aliphatic carbocycles. The second-order valence-electron chi connectivity index (χ2n) is 6.28. The largest absolute Gasteiger partial charge is 0.273 e. The van der Waals surface area contributed by atoms with Crippen LogP contribution >= 0.6 is 0 Å². The van der Waals surface area contributed by atoms with Crippen LogP contribution in [0.2, 0.25) is 0 Å². The van der Waals surface area contributed by atoms with Crippen LogP contribution in [0.15, 0.2) is 85.3 Å². The summed E-state index contributed by atoms with van der Waals surface area (Å²) in [6.45, 7) is 2.02. The zero-order chi connectivity index (χ0) is 18.3. The Hall–Kier alpha value is -3.38. The van der Waals surface area contributed by atoms with Crippen molar-refractivity contribution in [3.63, 3.8) is 0 Å². The zero-order valence-corrected chi connectivity index (χ0v) is 14.9. The number of benzene rings is 1. The molecule has 3 heterocycles. The van der Waals surface area contributed by atoms with Gasteiger partial charge in [0.05, 0.1) is 24.3 Å². The van der Waals surface area contributed by atoms with Crippen LogP contribution in [0.4, 0.5) is 0 Å². The fraction of sp³-hybridized carbons (Fsp3) is 0.143. The number of rotatable bonds is 7. The Balaban J connectivity index is 1.52. The highest BCUT2D eigenvalue weighted by Gasteiger charge is 2.11. The minimum atomic E-state index is 0.604. The fourth-order valence-corrected chi connectivity index (χ4v) is 2.91. The molecule has 0 unspecified atom stereocenters. The van der Waals surface area contributed by atoms with Gasteiger partial charge in [0.1, 0.15) is 5.69 Å². The van der Waals surface area contributed by atoms with Crippen molar-refractivity contribution in [3.05, 3.63) is 96.7 Å². The van der Waals surface area contributed by atoms with Crippen LogP contribution in [-0.4, -0.2) is 29.9 Å². The first-order valence-electron chi connectivity index (χ1n) is 8.84. The molecule has 6 heteroatoms. The van der Waals surface area contributed by atoms with Gasteiger partial charge in [-0.25, -0.2) is 4.68 Å². The van der Waals surface area contributed by atoms with E-state index in [9.17, 15) is 0 Å². The lowest BCUT2D eigenvalue weighted by Gasteiger charge is -2.21. The molecule has 0 N–H and O–H groups in total. The van der Waals surface area contributed by atoms with Crippen LogP contribution in [0.5, 0.6) is 0 Å². The number of aromatic nitrogens is 5. The Morgan fingerprint density at radius 2 is 1.37 bits per heavy atom. The van der Waals surface area contributed by atoms with Crippen molar-refractivity contribution in [2.24, 2.45) is 0 Å². The average Bonchev–Trinajstić information content (AvgIpc) is 3.19. The van der Waals surface area contributed by atoms with E-state index in [2.05, 4.69) is 25.2 Å². The molecule has 4 aromatic rings. The van der Waals surface area contributed by atoms with E-state index in [1.54, 1.807) is 0 Å². The Morgan fingerprint density at radius 1 is 0.741 bits per heavy atom. The van der Waals surface area contributed by atoms with E-state index in [1.165, 1.54) is 0 Å².